The van der Waals surface area contributed by atoms with E-state index < -0.39 is 4.92 Å². The van der Waals surface area contributed by atoms with Gasteiger partial charge in [0.25, 0.3) is 0 Å². The standard InChI is InChI=1S/C19H24N8O4/c1-30-16-14(5-4-6-15(16)27(28)29)13-20-24-17-21-18(25-7-2-3-8-25)23-19(22-17)26-9-11-31-12-10-26/h4-6,13H,2-3,7-12H2,1H3,(H,21,22,23,24)/b20-13+. The average Bonchev–Trinajstić information content (AvgIpc) is 3.34. The van der Waals surface area contributed by atoms with Crippen molar-refractivity contribution in [1.82, 2.24) is 15.0 Å². The Morgan fingerprint density at radius 1 is 1.13 bits per heavy atom. The van der Waals surface area contributed by atoms with Crippen molar-refractivity contribution in [1.29, 1.82) is 0 Å². The van der Waals surface area contributed by atoms with Gasteiger partial charge in [0.05, 0.1) is 31.5 Å². The van der Waals surface area contributed by atoms with E-state index in [9.17, 15) is 10.1 Å². The number of nitro groups is 1. The minimum Gasteiger partial charge on any atom is -0.490 e. The molecule has 2 aliphatic rings. The monoisotopic (exact) mass is 428 g/mol. The number of ether oxygens (including phenoxy) is 2. The number of rotatable bonds is 7. The van der Waals surface area contributed by atoms with Gasteiger partial charge in [-0.25, -0.2) is 5.43 Å². The molecule has 1 aromatic heterocycles. The van der Waals surface area contributed by atoms with Crippen molar-refractivity contribution in [3.8, 4) is 5.75 Å². The van der Waals surface area contributed by atoms with Crippen LogP contribution in [0.5, 0.6) is 5.75 Å². The van der Waals surface area contributed by atoms with E-state index in [1.807, 2.05) is 0 Å². The number of hydrazone groups is 1. The van der Waals surface area contributed by atoms with Crippen LogP contribution in [-0.4, -0.2) is 72.6 Å². The number of benzene rings is 1. The van der Waals surface area contributed by atoms with Crippen LogP contribution < -0.4 is 20.0 Å². The van der Waals surface area contributed by atoms with Gasteiger partial charge in [0.15, 0.2) is 0 Å². The fourth-order valence-corrected chi connectivity index (χ4v) is 3.54. The molecule has 2 fully saturated rings. The molecule has 3 heterocycles. The molecule has 0 radical (unpaired) electrons. The highest BCUT2D eigenvalue weighted by Crippen LogP contribution is 2.29. The van der Waals surface area contributed by atoms with Gasteiger partial charge in [0.2, 0.25) is 23.6 Å². The quantitative estimate of drug-likeness (QED) is 0.395. The van der Waals surface area contributed by atoms with E-state index in [1.54, 1.807) is 12.1 Å². The summed E-state index contributed by atoms with van der Waals surface area (Å²) in [7, 11) is 1.38. The molecule has 0 saturated carbocycles. The van der Waals surface area contributed by atoms with Crippen LogP contribution in [0, 0.1) is 10.1 Å². The lowest BCUT2D eigenvalue weighted by Gasteiger charge is -2.27. The zero-order valence-corrected chi connectivity index (χ0v) is 17.2. The van der Waals surface area contributed by atoms with E-state index in [2.05, 4.69) is 35.3 Å². The van der Waals surface area contributed by atoms with Gasteiger partial charge in [-0.05, 0) is 18.9 Å². The summed E-state index contributed by atoms with van der Waals surface area (Å²) in [6.07, 6.45) is 3.65. The summed E-state index contributed by atoms with van der Waals surface area (Å²) in [5.74, 6) is 1.63. The van der Waals surface area contributed by atoms with E-state index in [0.717, 1.165) is 25.9 Å². The molecular formula is C19H24N8O4. The van der Waals surface area contributed by atoms with E-state index in [0.29, 0.717) is 49.7 Å². The molecule has 0 bridgehead atoms. The number of nitrogens with one attached hydrogen (secondary N) is 1. The molecule has 0 unspecified atom stereocenters. The van der Waals surface area contributed by atoms with E-state index in [1.165, 1.54) is 19.4 Å². The smallest absolute Gasteiger partial charge is 0.311 e. The Hall–Kier alpha value is -3.54. The van der Waals surface area contributed by atoms with Crippen molar-refractivity contribution < 1.29 is 14.4 Å². The molecule has 1 N–H and O–H groups in total. The van der Waals surface area contributed by atoms with E-state index >= 15 is 0 Å². The summed E-state index contributed by atoms with van der Waals surface area (Å²) in [6, 6.07) is 4.64. The van der Waals surface area contributed by atoms with Crippen LogP contribution in [0.15, 0.2) is 23.3 Å². The maximum Gasteiger partial charge on any atom is 0.311 e. The van der Waals surface area contributed by atoms with Crippen molar-refractivity contribution in [2.45, 2.75) is 12.8 Å². The summed E-state index contributed by atoms with van der Waals surface area (Å²) < 4.78 is 10.6. The lowest BCUT2D eigenvalue weighted by molar-refractivity contribution is -0.385. The third kappa shape index (κ3) is 4.79. The fraction of sp³-hybridized carbons (Fsp3) is 0.474. The fourth-order valence-electron chi connectivity index (χ4n) is 3.54. The minimum absolute atomic E-state index is 0.127. The van der Waals surface area contributed by atoms with Crippen molar-refractivity contribution >= 4 is 29.7 Å². The first-order valence-corrected chi connectivity index (χ1v) is 10.1. The van der Waals surface area contributed by atoms with Crippen LogP contribution in [0.2, 0.25) is 0 Å². The molecule has 2 aromatic rings. The van der Waals surface area contributed by atoms with Gasteiger partial charge < -0.3 is 19.3 Å². The van der Waals surface area contributed by atoms with Crippen molar-refractivity contribution in [2.75, 3.05) is 61.7 Å². The number of nitro benzene ring substituents is 1. The highest BCUT2D eigenvalue weighted by molar-refractivity contribution is 5.86. The molecule has 2 aliphatic heterocycles. The molecule has 0 aliphatic carbocycles. The van der Waals surface area contributed by atoms with Crippen molar-refractivity contribution in [3.05, 3.63) is 33.9 Å². The minimum atomic E-state index is -0.494. The molecule has 12 nitrogen and oxygen atoms in total. The Morgan fingerprint density at radius 3 is 2.45 bits per heavy atom. The summed E-state index contributed by atoms with van der Waals surface area (Å²) in [5, 5.41) is 15.4. The van der Waals surface area contributed by atoms with Gasteiger partial charge in [-0.1, -0.05) is 6.07 Å². The number of morpholine rings is 1. The van der Waals surface area contributed by atoms with Gasteiger partial charge >= 0.3 is 5.69 Å². The van der Waals surface area contributed by atoms with Gasteiger partial charge in [0, 0.05) is 37.8 Å². The van der Waals surface area contributed by atoms with Crippen LogP contribution >= 0.6 is 0 Å². The largest absolute Gasteiger partial charge is 0.490 e. The molecule has 12 heteroatoms. The van der Waals surface area contributed by atoms with Crippen LogP contribution in [0.4, 0.5) is 23.5 Å². The Morgan fingerprint density at radius 2 is 1.81 bits per heavy atom. The molecule has 164 valence electrons. The summed E-state index contributed by atoms with van der Waals surface area (Å²) in [6.45, 7) is 4.46. The molecule has 31 heavy (non-hydrogen) atoms. The maximum absolute atomic E-state index is 11.2. The Kier molecular flexibility index (Phi) is 6.36. The molecule has 0 atom stereocenters. The Balaban J connectivity index is 1.58. The first kappa shape index (κ1) is 20.7. The molecule has 1 aromatic carbocycles. The van der Waals surface area contributed by atoms with E-state index in [-0.39, 0.29) is 11.4 Å². The first-order valence-electron chi connectivity index (χ1n) is 10.1. The first-order chi connectivity index (χ1) is 15.2. The lowest BCUT2D eigenvalue weighted by Crippen LogP contribution is -2.38. The molecular weight excluding hydrogens is 404 g/mol. The highest BCUT2D eigenvalue weighted by Gasteiger charge is 2.21. The molecule has 0 spiro atoms. The van der Waals surface area contributed by atoms with Gasteiger partial charge in [-0.15, -0.1) is 0 Å². The zero-order valence-electron chi connectivity index (χ0n) is 17.2. The summed E-state index contributed by atoms with van der Waals surface area (Å²) in [4.78, 5) is 28.6. The SMILES string of the molecule is COc1c(/C=N/Nc2nc(N3CCCC3)nc(N3CCOCC3)n2)cccc1[N+](=O)[O-]. The maximum atomic E-state index is 11.2. The van der Waals surface area contributed by atoms with Gasteiger partial charge in [-0.2, -0.15) is 20.1 Å². The molecule has 0 amide bonds. The lowest BCUT2D eigenvalue weighted by atomic mass is 10.2. The van der Waals surface area contributed by atoms with Crippen LogP contribution in [0.25, 0.3) is 0 Å². The van der Waals surface area contributed by atoms with Gasteiger partial charge in [-0.3, -0.25) is 10.1 Å². The number of para-hydroxylation sites is 1. The molecule has 4 rings (SSSR count). The predicted molar refractivity (Wildman–Crippen MR) is 115 cm³/mol. The van der Waals surface area contributed by atoms with Crippen molar-refractivity contribution in [2.24, 2.45) is 5.10 Å². The normalized spacial score (nSPS) is 16.7. The number of aromatic nitrogens is 3. The second-order valence-electron chi connectivity index (χ2n) is 7.08. The predicted octanol–water partition coefficient (Wildman–Crippen LogP) is 1.67. The average molecular weight is 428 g/mol. The highest BCUT2D eigenvalue weighted by atomic mass is 16.6. The van der Waals surface area contributed by atoms with Crippen LogP contribution in [-0.2, 0) is 4.74 Å². The molecule has 2 saturated heterocycles. The Labute approximate surface area is 179 Å². The number of anilines is 3. The summed E-state index contributed by atoms with van der Waals surface area (Å²) in [5.41, 5.74) is 3.17. The third-order valence-corrected chi connectivity index (χ3v) is 5.09. The van der Waals surface area contributed by atoms with Crippen LogP contribution in [0.1, 0.15) is 18.4 Å². The zero-order chi connectivity index (χ0) is 21.6. The second-order valence-corrected chi connectivity index (χ2v) is 7.08. The number of hydrogen-bond acceptors (Lipinski definition) is 11. The van der Waals surface area contributed by atoms with Crippen molar-refractivity contribution in [3.63, 3.8) is 0 Å². The number of nitrogens with zero attached hydrogens (tertiary/aromatic N) is 7. The van der Waals surface area contributed by atoms with Crippen LogP contribution in [0.3, 0.4) is 0 Å². The number of methoxy groups -OCH3 is 1. The Bertz CT molecular complexity index is 958. The topological polar surface area (TPSA) is 131 Å². The van der Waals surface area contributed by atoms with E-state index in [4.69, 9.17) is 9.47 Å². The van der Waals surface area contributed by atoms with Gasteiger partial charge in [0.1, 0.15) is 0 Å². The third-order valence-electron chi connectivity index (χ3n) is 5.09. The summed E-state index contributed by atoms with van der Waals surface area (Å²) >= 11 is 0. The number of hydrogen-bond donors (Lipinski definition) is 1. The second kappa shape index (κ2) is 9.51.